The third-order valence-electron chi connectivity index (χ3n) is 3.88. The Labute approximate surface area is 104 Å². The van der Waals surface area contributed by atoms with E-state index in [1.165, 1.54) is 38.5 Å². The van der Waals surface area contributed by atoms with Crippen LogP contribution in [0.3, 0.4) is 0 Å². The Bertz CT molecular complexity index is 246. The fourth-order valence-electron chi connectivity index (χ4n) is 3.16. The Hall–Kier alpha value is -0.0500. The van der Waals surface area contributed by atoms with Gasteiger partial charge in [0.2, 0.25) is 0 Å². The molecule has 0 unspecified atom stereocenters. The van der Waals surface area contributed by atoms with Crippen LogP contribution in [0.15, 0.2) is 11.6 Å². The number of halogens is 1. The van der Waals surface area contributed by atoms with Gasteiger partial charge in [0.1, 0.15) is 0 Å². The molecule has 2 aliphatic rings. The van der Waals surface area contributed by atoms with E-state index in [-0.39, 0.29) is 0 Å². The van der Waals surface area contributed by atoms with E-state index in [1.54, 1.807) is 0 Å². The van der Waals surface area contributed by atoms with Crippen molar-refractivity contribution in [2.45, 2.75) is 44.1 Å². The predicted octanol–water partition coefficient (Wildman–Crippen LogP) is 2.74. The van der Waals surface area contributed by atoms with Crippen LogP contribution in [0.5, 0.6) is 0 Å². The fraction of sp³-hybridized carbons (Fsp3) is 0.846. The zero-order valence-corrected chi connectivity index (χ0v) is 10.9. The van der Waals surface area contributed by atoms with Gasteiger partial charge in [-0.15, -0.1) is 0 Å². The van der Waals surface area contributed by atoms with E-state index in [4.69, 9.17) is 11.6 Å². The molecule has 2 rings (SSSR count). The first kappa shape index (κ1) is 12.4. The number of nitrogens with zero attached hydrogens (tertiary/aromatic N) is 1. The molecule has 1 N–H and O–H groups in total. The molecule has 1 heterocycles. The van der Waals surface area contributed by atoms with Crippen molar-refractivity contribution in [3.63, 3.8) is 0 Å². The second-order valence-electron chi connectivity index (χ2n) is 5.35. The Morgan fingerprint density at radius 1 is 1.25 bits per heavy atom. The molecular formula is C13H23ClN2. The SMILES string of the molecule is C=C(Cl)CN1CCCNC2(CCCCC2)C1. The van der Waals surface area contributed by atoms with Crippen LogP contribution in [0, 0.1) is 0 Å². The average Bonchev–Trinajstić information content (AvgIpc) is 2.41. The molecule has 1 aliphatic carbocycles. The molecule has 92 valence electrons. The zero-order chi connectivity index (χ0) is 11.4. The molecule has 0 aromatic heterocycles. The predicted molar refractivity (Wildman–Crippen MR) is 69.9 cm³/mol. The second-order valence-corrected chi connectivity index (χ2v) is 5.88. The summed E-state index contributed by atoms with van der Waals surface area (Å²) in [4.78, 5) is 2.47. The zero-order valence-electron chi connectivity index (χ0n) is 10.1. The smallest absolute Gasteiger partial charge is 0.0336 e. The van der Waals surface area contributed by atoms with Crippen molar-refractivity contribution in [1.29, 1.82) is 0 Å². The van der Waals surface area contributed by atoms with Crippen LogP contribution < -0.4 is 5.32 Å². The van der Waals surface area contributed by atoms with Gasteiger partial charge in [0.25, 0.3) is 0 Å². The summed E-state index contributed by atoms with van der Waals surface area (Å²) in [6, 6.07) is 0. The van der Waals surface area contributed by atoms with E-state index in [0.29, 0.717) is 5.54 Å². The van der Waals surface area contributed by atoms with E-state index < -0.39 is 0 Å². The summed E-state index contributed by atoms with van der Waals surface area (Å²) < 4.78 is 0. The minimum Gasteiger partial charge on any atom is -0.310 e. The molecule has 0 bridgehead atoms. The minimum atomic E-state index is 0.376. The Morgan fingerprint density at radius 3 is 2.69 bits per heavy atom. The van der Waals surface area contributed by atoms with Crippen LogP contribution in [-0.4, -0.2) is 36.6 Å². The molecule has 16 heavy (non-hydrogen) atoms. The molecule has 3 heteroatoms. The molecule has 1 saturated carbocycles. The first-order valence-corrected chi connectivity index (χ1v) is 6.89. The quantitative estimate of drug-likeness (QED) is 0.801. The molecule has 1 spiro atoms. The van der Waals surface area contributed by atoms with Crippen molar-refractivity contribution in [2.24, 2.45) is 0 Å². The van der Waals surface area contributed by atoms with E-state index in [1.807, 2.05) is 0 Å². The number of rotatable bonds is 2. The largest absolute Gasteiger partial charge is 0.310 e. The molecular weight excluding hydrogens is 220 g/mol. The third-order valence-corrected chi connectivity index (χ3v) is 4.00. The molecule has 2 nitrogen and oxygen atoms in total. The fourth-order valence-corrected chi connectivity index (χ4v) is 3.33. The lowest BCUT2D eigenvalue weighted by Crippen LogP contribution is -2.52. The van der Waals surface area contributed by atoms with Gasteiger partial charge in [-0.05, 0) is 32.4 Å². The van der Waals surface area contributed by atoms with Crippen molar-refractivity contribution < 1.29 is 0 Å². The van der Waals surface area contributed by atoms with Crippen molar-refractivity contribution in [3.05, 3.63) is 11.6 Å². The third kappa shape index (κ3) is 3.22. The van der Waals surface area contributed by atoms with Crippen molar-refractivity contribution in [3.8, 4) is 0 Å². The van der Waals surface area contributed by atoms with Gasteiger partial charge in [-0.1, -0.05) is 37.4 Å². The summed E-state index contributed by atoms with van der Waals surface area (Å²) in [5, 5.41) is 4.56. The lowest BCUT2D eigenvalue weighted by molar-refractivity contribution is 0.173. The summed E-state index contributed by atoms with van der Waals surface area (Å²) in [5.41, 5.74) is 0.376. The van der Waals surface area contributed by atoms with E-state index in [9.17, 15) is 0 Å². The summed E-state index contributed by atoms with van der Waals surface area (Å²) in [5.74, 6) is 0. The van der Waals surface area contributed by atoms with Crippen molar-refractivity contribution in [2.75, 3.05) is 26.2 Å². The van der Waals surface area contributed by atoms with Gasteiger partial charge in [0, 0.05) is 23.7 Å². The maximum absolute atomic E-state index is 5.94. The number of nitrogens with one attached hydrogen (secondary N) is 1. The van der Waals surface area contributed by atoms with Gasteiger partial charge in [-0.3, -0.25) is 4.90 Å². The second kappa shape index (κ2) is 5.52. The average molecular weight is 243 g/mol. The highest BCUT2D eigenvalue weighted by atomic mass is 35.5. The molecule has 2 fully saturated rings. The Morgan fingerprint density at radius 2 is 2.00 bits per heavy atom. The van der Waals surface area contributed by atoms with Crippen LogP contribution in [0.4, 0.5) is 0 Å². The molecule has 0 radical (unpaired) electrons. The van der Waals surface area contributed by atoms with E-state index >= 15 is 0 Å². The lowest BCUT2D eigenvalue weighted by atomic mass is 9.81. The van der Waals surface area contributed by atoms with Crippen LogP contribution >= 0.6 is 11.6 Å². The highest BCUT2D eigenvalue weighted by molar-refractivity contribution is 6.29. The first-order chi connectivity index (χ1) is 7.70. The minimum absolute atomic E-state index is 0.376. The highest BCUT2D eigenvalue weighted by Crippen LogP contribution is 2.30. The van der Waals surface area contributed by atoms with Gasteiger partial charge in [-0.25, -0.2) is 0 Å². The number of hydrogen-bond donors (Lipinski definition) is 1. The summed E-state index contributed by atoms with van der Waals surface area (Å²) in [6.45, 7) is 8.13. The normalized spacial score (nSPS) is 26.6. The molecule has 0 amide bonds. The van der Waals surface area contributed by atoms with Gasteiger partial charge < -0.3 is 5.32 Å². The van der Waals surface area contributed by atoms with Crippen LogP contribution in [0.1, 0.15) is 38.5 Å². The van der Waals surface area contributed by atoms with Crippen LogP contribution in [-0.2, 0) is 0 Å². The Kier molecular flexibility index (Phi) is 4.28. The van der Waals surface area contributed by atoms with Crippen molar-refractivity contribution in [1.82, 2.24) is 10.2 Å². The van der Waals surface area contributed by atoms with Crippen LogP contribution in [0.25, 0.3) is 0 Å². The lowest BCUT2D eigenvalue weighted by Gasteiger charge is -2.40. The summed E-state index contributed by atoms with van der Waals surface area (Å²) >= 11 is 5.94. The molecule has 1 aliphatic heterocycles. The van der Waals surface area contributed by atoms with Gasteiger partial charge >= 0.3 is 0 Å². The number of hydrogen-bond acceptors (Lipinski definition) is 2. The Balaban J connectivity index is 1.98. The van der Waals surface area contributed by atoms with Gasteiger partial charge in [-0.2, -0.15) is 0 Å². The van der Waals surface area contributed by atoms with E-state index in [0.717, 1.165) is 31.2 Å². The van der Waals surface area contributed by atoms with E-state index in [2.05, 4.69) is 16.8 Å². The molecule has 0 aromatic carbocycles. The molecule has 0 aromatic rings. The monoisotopic (exact) mass is 242 g/mol. The standard InChI is InChI=1S/C13H23ClN2/c1-12(14)10-16-9-5-8-15-13(11-16)6-3-2-4-7-13/h15H,1-11H2. The maximum Gasteiger partial charge on any atom is 0.0336 e. The highest BCUT2D eigenvalue weighted by Gasteiger charge is 2.34. The van der Waals surface area contributed by atoms with Gasteiger partial charge in [0.05, 0.1) is 0 Å². The maximum atomic E-state index is 5.94. The first-order valence-electron chi connectivity index (χ1n) is 6.51. The summed E-state index contributed by atoms with van der Waals surface area (Å²) in [7, 11) is 0. The molecule has 0 atom stereocenters. The van der Waals surface area contributed by atoms with Crippen molar-refractivity contribution >= 4 is 11.6 Å². The summed E-state index contributed by atoms with van der Waals surface area (Å²) in [6.07, 6.45) is 8.05. The van der Waals surface area contributed by atoms with Gasteiger partial charge in [0.15, 0.2) is 0 Å². The molecule has 1 saturated heterocycles. The topological polar surface area (TPSA) is 15.3 Å². The van der Waals surface area contributed by atoms with Crippen LogP contribution in [0.2, 0.25) is 0 Å².